The van der Waals surface area contributed by atoms with Gasteiger partial charge in [-0.25, -0.2) is 14.0 Å². The van der Waals surface area contributed by atoms with E-state index in [0.717, 1.165) is 68.4 Å². The number of hydrogen-bond acceptors (Lipinski definition) is 8. The minimum Gasteiger partial charge on any atom is -0.490 e. The van der Waals surface area contributed by atoms with E-state index in [1.54, 1.807) is 27.9 Å². The van der Waals surface area contributed by atoms with Gasteiger partial charge in [0.15, 0.2) is 11.6 Å². The summed E-state index contributed by atoms with van der Waals surface area (Å²) in [5.74, 6) is -5.31. The molecule has 0 atom stereocenters. The van der Waals surface area contributed by atoms with E-state index >= 15 is 4.39 Å². The Hall–Kier alpha value is -4.91. The van der Waals surface area contributed by atoms with Crippen molar-refractivity contribution in [2.24, 2.45) is 12.5 Å². The molecule has 0 aliphatic carbocycles. The van der Waals surface area contributed by atoms with Gasteiger partial charge in [-0.15, -0.1) is 0 Å². The molecule has 0 unspecified atom stereocenters. The normalized spacial score (nSPS) is 14.9. The van der Waals surface area contributed by atoms with Crippen LogP contribution in [-0.2, 0) is 23.2 Å². The van der Waals surface area contributed by atoms with Crippen LogP contribution >= 0.6 is 0 Å². The number of alkyl halides is 6. The van der Waals surface area contributed by atoms with Gasteiger partial charge in [0.1, 0.15) is 5.82 Å². The van der Waals surface area contributed by atoms with E-state index in [1.807, 2.05) is 31.3 Å². The third kappa shape index (κ3) is 13.2. The lowest BCUT2D eigenvalue weighted by Gasteiger charge is -2.35. The number of aryl methyl sites for hydroxylation is 1. The number of amides is 1. The molecule has 5 rings (SSSR count). The number of hydrogen-bond donors (Lipinski definition) is 3. The van der Waals surface area contributed by atoms with Crippen LogP contribution in [0.3, 0.4) is 0 Å². The van der Waals surface area contributed by atoms with Gasteiger partial charge in [0.05, 0.1) is 30.7 Å². The number of aliphatic carboxylic acids is 2. The number of rotatable bonds is 8. The molecular weight excluding hydrogens is 733 g/mol. The molecule has 0 spiro atoms. The molecule has 1 fully saturated rings. The Morgan fingerprint density at radius 3 is 1.96 bits per heavy atom. The molecule has 3 N–H and O–H groups in total. The first-order valence-electron chi connectivity index (χ1n) is 16.7. The summed E-state index contributed by atoms with van der Waals surface area (Å²) in [6.45, 7) is 14.1. The maximum atomic E-state index is 15.0. The number of carboxylic acid groups (broad SMARTS) is 2. The molecule has 12 nitrogen and oxygen atoms in total. The second-order valence-electron chi connectivity index (χ2n) is 13.6. The van der Waals surface area contributed by atoms with Crippen molar-refractivity contribution in [3.63, 3.8) is 0 Å². The first-order chi connectivity index (χ1) is 25.1. The molecule has 0 saturated carbocycles. The van der Waals surface area contributed by atoms with Crippen molar-refractivity contribution in [2.45, 2.75) is 52.5 Å². The first kappa shape index (κ1) is 43.5. The number of benzene rings is 2. The van der Waals surface area contributed by atoms with Gasteiger partial charge in [-0.3, -0.25) is 9.48 Å². The summed E-state index contributed by atoms with van der Waals surface area (Å²) < 4.78 is 86.0. The predicted octanol–water partition coefficient (Wildman–Crippen LogP) is 6.55. The summed E-state index contributed by atoms with van der Waals surface area (Å²) in [5, 5.41) is 22.0. The van der Waals surface area contributed by atoms with Gasteiger partial charge in [0.2, 0.25) is 0 Å². The molecular formula is C35H43F7N6O6. The van der Waals surface area contributed by atoms with Gasteiger partial charge in [0.25, 0.3) is 5.91 Å². The zero-order valence-electron chi connectivity index (χ0n) is 30.1. The number of carboxylic acids is 2. The Kier molecular flexibility index (Phi) is 14.8. The van der Waals surface area contributed by atoms with Crippen LogP contribution in [0.25, 0.3) is 0 Å². The van der Waals surface area contributed by atoms with E-state index in [1.165, 1.54) is 12.5 Å². The van der Waals surface area contributed by atoms with E-state index in [2.05, 4.69) is 41.0 Å². The second kappa shape index (κ2) is 18.4. The quantitative estimate of drug-likeness (QED) is 0.171. The van der Waals surface area contributed by atoms with Crippen molar-refractivity contribution >= 4 is 35.0 Å². The molecule has 19 heteroatoms. The Labute approximate surface area is 307 Å². The number of carbonyl (C=O) groups excluding carboxylic acids is 1. The highest BCUT2D eigenvalue weighted by Gasteiger charge is 2.39. The highest BCUT2D eigenvalue weighted by atomic mass is 19.4. The van der Waals surface area contributed by atoms with E-state index < -0.39 is 30.1 Å². The Balaban J connectivity index is 0.000000476. The van der Waals surface area contributed by atoms with E-state index in [9.17, 15) is 31.1 Å². The zero-order chi connectivity index (χ0) is 40.4. The first-order valence-corrected chi connectivity index (χ1v) is 16.7. The van der Waals surface area contributed by atoms with Crippen molar-refractivity contribution in [3.05, 3.63) is 65.6 Å². The molecule has 2 aliphatic heterocycles. The van der Waals surface area contributed by atoms with E-state index in [-0.39, 0.29) is 17.2 Å². The topological polar surface area (TPSA) is 140 Å². The van der Waals surface area contributed by atoms with Gasteiger partial charge in [0, 0.05) is 50.9 Å². The standard InChI is InChI=1S/C31H41FN6O2.2C2HF3O2/c1-31(2,3)12-14-37-17-15-36(16-18-37)13-7-19-40-28-11-10-23(20-25(28)32)30(39)38-22-24-21-33-35(4)29(24)34-26-8-5-6-9-27(26)38;2*3-2(4,5)1(6)7/h5-6,8-11,20-21,34H,7,12-19,22H2,1-4H3;2*(H,6,7). The molecule has 1 amide bonds. The van der Waals surface area contributed by atoms with Crippen molar-refractivity contribution < 1.29 is 60.1 Å². The molecule has 0 radical (unpaired) electrons. The number of piperazine rings is 1. The molecule has 3 heterocycles. The SMILES string of the molecule is Cn1ncc2c1Nc1ccccc1N(C(=O)c1ccc(OCCCN3CCN(CCC(C)(C)C)CC3)c(F)c1)C2.O=C(O)C(F)(F)F.O=C(O)C(F)(F)F. The molecule has 1 saturated heterocycles. The van der Waals surface area contributed by atoms with Crippen LogP contribution in [-0.4, -0.2) is 106 Å². The van der Waals surface area contributed by atoms with Crippen LogP contribution in [0.5, 0.6) is 5.75 Å². The second-order valence-corrected chi connectivity index (χ2v) is 13.6. The molecule has 54 heavy (non-hydrogen) atoms. The highest BCUT2D eigenvalue weighted by Crippen LogP contribution is 2.36. The molecule has 2 aromatic carbocycles. The lowest BCUT2D eigenvalue weighted by atomic mass is 9.92. The highest BCUT2D eigenvalue weighted by molar-refractivity contribution is 6.08. The van der Waals surface area contributed by atoms with Gasteiger partial charge < -0.3 is 35.0 Å². The summed E-state index contributed by atoms with van der Waals surface area (Å²) in [7, 11) is 1.86. The number of para-hydroxylation sites is 2. The maximum Gasteiger partial charge on any atom is 0.490 e. The van der Waals surface area contributed by atoms with Crippen LogP contribution in [0.2, 0.25) is 0 Å². The number of anilines is 3. The fourth-order valence-corrected chi connectivity index (χ4v) is 5.25. The lowest BCUT2D eigenvalue weighted by molar-refractivity contribution is -0.193. The number of halogens is 7. The largest absolute Gasteiger partial charge is 0.490 e. The summed E-state index contributed by atoms with van der Waals surface area (Å²) >= 11 is 0. The number of nitrogens with one attached hydrogen (secondary N) is 1. The van der Waals surface area contributed by atoms with Gasteiger partial charge in [-0.05, 0) is 55.1 Å². The number of aromatic nitrogens is 2. The van der Waals surface area contributed by atoms with Crippen molar-refractivity contribution in [2.75, 3.05) is 56.1 Å². The summed E-state index contributed by atoms with van der Waals surface area (Å²) in [5.41, 5.74) is 3.06. The monoisotopic (exact) mass is 776 g/mol. The molecule has 3 aromatic rings. The maximum absolute atomic E-state index is 15.0. The lowest BCUT2D eigenvalue weighted by Crippen LogP contribution is -2.47. The zero-order valence-corrected chi connectivity index (χ0v) is 30.1. The van der Waals surface area contributed by atoms with Crippen molar-refractivity contribution in [3.8, 4) is 5.75 Å². The number of carbonyl (C=O) groups is 3. The number of ether oxygens (including phenoxy) is 1. The number of nitrogens with zero attached hydrogens (tertiary/aromatic N) is 5. The fourth-order valence-electron chi connectivity index (χ4n) is 5.25. The third-order valence-corrected chi connectivity index (χ3v) is 8.22. The predicted molar refractivity (Wildman–Crippen MR) is 184 cm³/mol. The third-order valence-electron chi connectivity index (χ3n) is 8.22. The van der Waals surface area contributed by atoms with Gasteiger partial charge in [-0.1, -0.05) is 32.9 Å². The van der Waals surface area contributed by atoms with Crippen LogP contribution in [0.1, 0.15) is 49.5 Å². The summed E-state index contributed by atoms with van der Waals surface area (Å²) in [4.78, 5) is 38.1. The molecule has 1 aromatic heterocycles. The minimum atomic E-state index is -5.08. The van der Waals surface area contributed by atoms with E-state index in [0.29, 0.717) is 18.6 Å². The molecule has 298 valence electrons. The van der Waals surface area contributed by atoms with Crippen molar-refractivity contribution in [1.82, 2.24) is 19.6 Å². The van der Waals surface area contributed by atoms with Gasteiger partial charge in [-0.2, -0.15) is 31.4 Å². The Morgan fingerprint density at radius 1 is 0.870 bits per heavy atom. The van der Waals surface area contributed by atoms with Crippen molar-refractivity contribution in [1.29, 1.82) is 0 Å². The van der Waals surface area contributed by atoms with E-state index in [4.69, 9.17) is 24.5 Å². The Morgan fingerprint density at radius 2 is 1.43 bits per heavy atom. The average Bonchev–Trinajstić information content (AvgIpc) is 3.33. The summed E-state index contributed by atoms with van der Waals surface area (Å²) in [6, 6.07) is 12.1. The summed E-state index contributed by atoms with van der Waals surface area (Å²) in [6.07, 6.45) is -6.38. The van der Waals surface area contributed by atoms with Crippen LogP contribution < -0.4 is 15.0 Å². The number of fused-ring (bicyclic) bond motifs is 2. The fraction of sp³-hybridized carbons (Fsp3) is 0.486. The molecule has 0 bridgehead atoms. The minimum absolute atomic E-state index is 0.177. The van der Waals surface area contributed by atoms with Crippen LogP contribution in [0, 0.1) is 11.2 Å². The van der Waals surface area contributed by atoms with Crippen LogP contribution in [0.4, 0.5) is 47.9 Å². The Bertz CT molecular complexity index is 1710. The van der Waals surface area contributed by atoms with Gasteiger partial charge >= 0.3 is 24.3 Å². The molecule has 2 aliphatic rings. The smallest absolute Gasteiger partial charge is 0.490 e. The average molecular weight is 777 g/mol. The van der Waals surface area contributed by atoms with Crippen LogP contribution in [0.15, 0.2) is 48.7 Å².